The van der Waals surface area contributed by atoms with Crippen molar-refractivity contribution < 1.29 is 33.0 Å². The maximum Gasteiger partial charge on any atom is 0.337 e. The molecule has 10 heteroatoms. The van der Waals surface area contributed by atoms with Gasteiger partial charge in [0.2, 0.25) is 0 Å². The first-order chi connectivity index (χ1) is 19.2. The fraction of sp³-hybridized carbons (Fsp3) is 0.355. The minimum Gasteiger partial charge on any atom is -0.490 e. The summed E-state index contributed by atoms with van der Waals surface area (Å²) in [5.41, 5.74) is 9.28. The number of benzene rings is 3. The van der Waals surface area contributed by atoms with Crippen LogP contribution >= 0.6 is 0 Å². The summed E-state index contributed by atoms with van der Waals surface area (Å²) in [4.78, 5) is 26.8. The Morgan fingerprint density at radius 1 is 1.02 bits per heavy atom. The molecule has 0 aliphatic carbocycles. The summed E-state index contributed by atoms with van der Waals surface area (Å²) in [7, 11) is 0. The molecule has 41 heavy (non-hydrogen) atoms. The molecule has 1 atom stereocenters. The molecule has 0 bridgehead atoms. The van der Waals surface area contributed by atoms with Crippen LogP contribution in [0.2, 0.25) is 0 Å². The molecule has 3 aromatic carbocycles. The second-order valence-corrected chi connectivity index (χ2v) is 11.4. The van der Waals surface area contributed by atoms with Crippen molar-refractivity contribution >= 4 is 23.4 Å². The first-order valence-corrected chi connectivity index (χ1v) is 13.4. The predicted octanol–water partition coefficient (Wildman–Crippen LogP) is 6.37. The largest absolute Gasteiger partial charge is 0.490 e. The van der Waals surface area contributed by atoms with Crippen LogP contribution in [0.3, 0.4) is 0 Å². The molecule has 2 aliphatic heterocycles. The molecular weight excluding hydrogens is 532 g/mol. The average molecular weight is 566 g/mol. The molecule has 2 heterocycles. The molecule has 0 saturated heterocycles. The summed E-state index contributed by atoms with van der Waals surface area (Å²) in [6.07, 6.45) is -1.46. The molecule has 5 rings (SSSR count). The number of hydrogen-bond acceptors (Lipinski definition) is 5. The van der Waals surface area contributed by atoms with E-state index >= 15 is 8.78 Å². The van der Waals surface area contributed by atoms with Gasteiger partial charge >= 0.3 is 12.0 Å². The van der Waals surface area contributed by atoms with Crippen LogP contribution < -0.4 is 20.7 Å². The maximum atomic E-state index is 15.6. The Balaban J connectivity index is 1.97. The molecule has 0 saturated carbocycles. The van der Waals surface area contributed by atoms with Crippen molar-refractivity contribution in [3.05, 3.63) is 63.7 Å². The lowest BCUT2D eigenvalue weighted by Gasteiger charge is -2.37. The Bertz CT molecular complexity index is 1610. The molecule has 0 fully saturated rings. The van der Waals surface area contributed by atoms with E-state index < -0.39 is 35.3 Å². The number of carboxylic acid groups (broad SMARTS) is 1. The minimum atomic E-state index is -1.46. The van der Waals surface area contributed by atoms with E-state index in [9.17, 15) is 14.7 Å². The highest BCUT2D eigenvalue weighted by Crippen LogP contribution is 2.53. The lowest BCUT2D eigenvalue weighted by Crippen LogP contribution is -2.39. The summed E-state index contributed by atoms with van der Waals surface area (Å²) in [5, 5.41) is 13.8. The van der Waals surface area contributed by atoms with Crippen LogP contribution in [0.25, 0.3) is 22.3 Å². The van der Waals surface area contributed by atoms with E-state index in [0.29, 0.717) is 46.7 Å². The Kier molecular flexibility index (Phi) is 6.93. The number of primary amides is 1. The maximum absolute atomic E-state index is 15.6. The Labute approximate surface area is 237 Å². The number of anilines is 2. The Hall–Kier alpha value is -4.18. The third-order valence-electron chi connectivity index (χ3n) is 7.64. The molecule has 3 aromatic rings. The summed E-state index contributed by atoms with van der Waals surface area (Å²) in [5.74, 6) is -1.91. The van der Waals surface area contributed by atoms with E-state index in [4.69, 9.17) is 15.2 Å². The van der Waals surface area contributed by atoms with E-state index in [1.165, 1.54) is 4.90 Å². The summed E-state index contributed by atoms with van der Waals surface area (Å²) in [6, 6.07) is 4.82. The van der Waals surface area contributed by atoms with Crippen LogP contribution in [-0.2, 0) is 16.1 Å². The zero-order chi connectivity index (χ0) is 30.0. The smallest absolute Gasteiger partial charge is 0.337 e. The molecule has 216 valence electrons. The van der Waals surface area contributed by atoms with Gasteiger partial charge in [-0.2, -0.15) is 0 Å². The number of rotatable bonds is 4. The zero-order valence-corrected chi connectivity index (χ0v) is 23.9. The van der Waals surface area contributed by atoms with E-state index in [1.807, 2.05) is 13.0 Å². The number of carbonyl (C=O) groups excluding carboxylic acids is 1. The van der Waals surface area contributed by atoms with Crippen LogP contribution in [0.15, 0.2) is 24.3 Å². The van der Waals surface area contributed by atoms with E-state index in [-0.39, 0.29) is 28.9 Å². The lowest BCUT2D eigenvalue weighted by atomic mass is 9.78. The normalized spacial score (nSPS) is 14.8. The lowest BCUT2D eigenvalue weighted by molar-refractivity contribution is -0.160. The average Bonchev–Trinajstić information content (AvgIpc) is 2.90. The van der Waals surface area contributed by atoms with Crippen LogP contribution in [0, 0.1) is 32.4 Å². The Morgan fingerprint density at radius 3 is 2.34 bits per heavy atom. The SMILES string of the molecule is Cc1c(-c2c(C)c3c(c(C)c2[C@H](OC(C)(C)C)C(=O)O)N(C(N)=O)Cc2c(F)ccc(F)c2-3)ccc2c1NCCO2. The third-order valence-corrected chi connectivity index (χ3v) is 7.64. The fourth-order valence-electron chi connectivity index (χ4n) is 5.99. The number of halogens is 2. The number of nitrogens with zero attached hydrogens (tertiary/aromatic N) is 1. The van der Waals surface area contributed by atoms with Crippen LogP contribution in [-0.4, -0.2) is 35.9 Å². The number of carbonyl (C=O) groups is 2. The molecule has 2 aliphatic rings. The van der Waals surface area contributed by atoms with Gasteiger partial charge in [-0.1, -0.05) is 6.07 Å². The number of ether oxygens (including phenoxy) is 2. The predicted molar refractivity (Wildman–Crippen MR) is 152 cm³/mol. The first kappa shape index (κ1) is 28.4. The van der Waals surface area contributed by atoms with Crippen molar-refractivity contribution in [2.75, 3.05) is 23.4 Å². The summed E-state index contributed by atoms with van der Waals surface area (Å²) < 4.78 is 42.6. The van der Waals surface area contributed by atoms with Gasteiger partial charge in [0.1, 0.15) is 24.0 Å². The summed E-state index contributed by atoms with van der Waals surface area (Å²) >= 11 is 0. The monoisotopic (exact) mass is 565 g/mol. The number of urea groups is 1. The standard InChI is InChI=1S/C31H33F2N3O5/c1-14-17(7-10-21-26(14)35-11-12-40-21)22-15(2)23-25-18(19(32)8-9-20(25)33)13-36(30(34)39)27(23)16(3)24(22)28(29(37)38)41-31(4,5)6/h7-10,28,35H,11-13H2,1-6H3,(H2,34,39)(H,37,38)/t28-/m0/s1. The van der Waals surface area contributed by atoms with Crippen molar-refractivity contribution in [3.8, 4) is 28.0 Å². The fourth-order valence-corrected chi connectivity index (χ4v) is 5.99. The molecule has 0 spiro atoms. The van der Waals surface area contributed by atoms with Crippen LogP contribution in [0.1, 0.15) is 54.7 Å². The zero-order valence-electron chi connectivity index (χ0n) is 23.9. The quantitative estimate of drug-likeness (QED) is 0.339. The van der Waals surface area contributed by atoms with Gasteiger partial charge in [-0.05, 0) is 87.6 Å². The van der Waals surface area contributed by atoms with Crippen molar-refractivity contribution in [3.63, 3.8) is 0 Å². The molecular formula is C31H33F2N3O5. The molecule has 8 nitrogen and oxygen atoms in total. The van der Waals surface area contributed by atoms with Crippen molar-refractivity contribution in [1.82, 2.24) is 0 Å². The Morgan fingerprint density at radius 2 is 1.71 bits per heavy atom. The highest BCUT2D eigenvalue weighted by molar-refractivity contribution is 6.04. The van der Waals surface area contributed by atoms with Gasteiger partial charge in [0.15, 0.2) is 6.10 Å². The second-order valence-electron chi connectivity index (χ2n) is 11.4. The molecule has 4 N–H and O–H groups in total. The number of amides is 2. The number of hydrogen-bond donors (Lipinski definition) is 3. The number of nitrogens with two attached hydrogens (primary N) is 1. The van der Waals surface area contributed by atoms with Gasteiger partial charge in [0.25, 0.3) is 0 Å². The van der Waals surface area contributed by atoms with Crippen LogP contribution in [0.4, 0.5) is 25.0 Å². The van der Waals surface area contributed by atoms with E-state index in [0.717, 1.165) is 23.4 Å². The number of nitrogens with one attached hydrogen (secondary N) is 1. The van der Waals surface area contributed by atoms with Gasteiger partial charge in [-0.25, -0.2) is 18.4 Å². The van der Waals surface area contributed by atoms with Gasteiger partial charge < -0.3 is 25.6 Å². The van der Waals surface area contributed by atoms with Gasteiger partial charge in [0, 0.05) is 28.8 Å². The molecule has 2 amide bonds. The first-order valence-electron chi connectivity index (χ1n) is 13.4. The van der Waals surface area contributed by atoms with Gasteiger partial charge in [-0.3, -0.25) is 4.90 Å². The van der Waals surface area contributed by atoms with Crippen molar-refractivity contribution in [2.45, 2.75) is 59.8 Å². The topological polar surface area (TPSA) is 114 Å². The van der Waals surface area contributed by atoms with Crippen LogP contribution in [0.5, 0.6) is 5.75 Å². The van der Waals surface area contributed by atoms with Crippen molar-refractivity contribution in [1.29, 1.82) is 0 Å². The highest BCUT2D eigenvalue weighted by Gasteiger charge is 2.39. The van der Waals surface area contributed by atoms with E-state index in [1.54, 1.807) is 40.7 Å². The summed E-state index contributed by atoms with van der Waals surface area (Å²) in [6.45, 7) is 11.3. The molecule has 0 radical (unpaired) electrons. The van der Waals surface area contributed by atoms with Gasteiger partial charge in [-0.15, -0.1) is 0 Å². The van der Waals surface area contributed by atoms with Gasteiger partial charge in [0.05, 0.1) is 23.5 Å². The molecule has 0 aromatic heterocycles. The molecule has 0 unspecified atom stereocenters. The van der Waals surface area contributed by atoms with E-state index in [2.05, 4.69) is 5.32 Å². The minimum absolute atomic E-state index is 0.00421. The third kappa shape index (κ3) is 4.65. The highest BCUT2D eigenvalue weighted by atomic mass is 19.1. The second kappa shape index (κ2) is 10.0. The number of fused-ring (bicyclic) bond motifs is 4. The number of carboxylic acids is 1. The van der Waals surface area contributed by atoms with Crippen molar-refractivity contribution in [2.24, 2.45) is 5.73 Å². The number of aliphatic carboxylic acids is 1.